The SMILES string of the molecule is CSC1=N[C@@]2(C[C@@H]2C(C)C)C(=O)N1C. The van der Waals surface area contributed by atoms with Gasteiger partial charge in [0.2, 0.25) is 0 Å². The van der Waals surface area contributed by atoms with Gasteiger partial charge in [0.15, 0.2) is 5.17 Å². The molecule has 4 heteroatoms. The number of nitrogens with zero attached hydrogens (tertiary/aromatic N) is 2. The summed E-state index contributed by atoms with van der Waals surface area (Å²) in [7, 11) is 1.82. The maximum absolute atomic E-state index is 12.0. The highest BCUT2D eigenvalue weighted by Gasteiger charge is 2.65. The molecule has 1 aliphatic heterocycles. The van der Waals surface area contributed by atoms with Crippen molar-refractivity contribution in [1.82, 2.24) is 4.90 Å². The molecule has 0 radical (unpaired) electrons. The normalized spacial score (nSPS) is 35.8. The van der Waals surface area contributed by atoms with Gasteiger partial charge in [0.25, 0.3) is 5.91 Å². The molecule has 0 aromatic carbocycles. The lowest BCUT2D eigenvalue weighted by atomic mass is 10.0. The molecule has 1 heterocycles. The standard InChI is InChI=1S/C10H16N2OS/c1-6(2)7-5-10(7)8(13)12(3)9(11-10)14-4/h6-7H,5H2,1-4H3/t7-,10-/m1/s1. The van der Waals surface area contributed by atoms with Crippen molar-refractivity contribution >= 4 is 22.8 Å². The minimum absolute atomic E-state index is 0.195. The van der Waals surface area contributed by atoms with Crippen LogP contribution in [0.25, 0.3) is 0 Å². The fraction of sp³-hybridized carbons (Fsp3) is 0.800. The Morgan fingerprint density at radius 3 is 2.64 bits per heavy atom. The smallest absolute Gasteiger partial charge is 0.256 e. The summed E-state index contributed by atoms with van der Waals surface area (Å²) >= 11 is 1.56. The van der Waals surface area contributed by atoms with Gasteiger partial charge in [0.1, 0.15) is 5.54 Å². The fourth-order valence-electron chi connectivity index (χ4n) is 2.29. The zero-order chi connectivity index (χ0) is 10.5. The summed E-state index contributed by atoms with van der Waals surface area (Å²) in [6.45, 7) is 4.33. The van der Waals surface area contributed by atoms with Crippen LogP contribution in [-0.2, 0) is 4.79 Å². The molecule has 0 bridgehead atoms. The quantitative estimate of drug-likeness (QED) is 0.661. The molecule has 0 unspecified atom stereocenters. The van der Waals surface area contributed by atoms with Crippen LogP contribution in [0.3, 0.4) is 0 Å². The van der Waals surface area contributed by atoms with E-state index in [9.17, 15) is 4.79 Å². The van der Waals surface area contributed by atoms with Crippen molar-refractivity contribution in [2.45, 2.75) is 25.8 Å². The first-order chi connectivity index (χ1) is 6.53. The lowest BCUT2D eigenvalue weighted by molar-refractivity contribution is -0.127. The minimum atomic E-state index is -0.360. The third kappa shape index (κ3) is 1.13. The highest BCUT2D eigenvalue weighted by molar-refractivity contribution is 8.13. The summed E-state index contributed by atoms with van der Waals surface area (Å²) in [4.78, 5) is 18.2. The number of rotatable bonds is 1. The van der Waals surface area contributed by atoms with Crippen molar-refractivity contribution in [3.05, 3.63) is 0 Å². The summed E-state index contributed by atoms with van der Waals surface area (Å²) in [5, 5.41) is 0.873. The number of carbonyl (C=O) groups is 1. The van der Waals surface area contributed by atoms with Crippen molar-refractivity contribution in [1.29, 1.82) is 0 Å². The Morgan fingerprint density at radius 1 is 1.64 bits per heavy atom. The van der Waals surface area contributed by atoms with Gasteiger partial charge >= 0.3 is 0 Å². The van der Waals surface area contributed by atoms with E-state index in [2.05, 4.69) is 18.8 Å². The van der Waals surface area contributed by atoms with Crippen molar-refractivity contribution < 1.29 is 4.79 Å². The minimum Gasteiger partial charge on any atom is -0.293 e. The number of hydrogen-bond acceptors (Lipinski definition) is 3. The molecule has 1 spiro atoms. The predicted molar refractivity (Wildman–Crippen MR) is 59.4 cm³/mol. The van der Waals surface area contributed by atoms with Crippen LogP contribution in [0.2, 0.25) is 0 Å². The van der Waals surface area contributed by atoms with Gasteiger partial charge in [-0.25, -0.2) is 4.99 Å². The van der Waals surface area contributed by atoms with Gasteiger partial charge in [-0.3, -0.25) is 9.69 Å². The summed E-state index contributed by atoms with van der Waals surface area (Å²) in [5.74, 6) is 1.21. The maximum atomic E-state index is 12.0. The maximum Gasteiger partial charge on any atom is 0.256 e. The second-order valence-corrected chi connectivity index (χ2v) is 5.21. The molecule has 1 amide bonds. The molecule has 2 aliphatic rings. The topological polar surface area (TPSA) is 32.7 Å². The molecule has 1 fully saturated rings. The van der Waals surface area contributed by atoms with E-state index in [-0.39, 0.29) is 11.4 Å². The first-order valence-electron chi connectivity index (χ1n) is 4.95. The molecule has 1 aliphatic carbocycles. The van der Waals surface area contributed by atoms with E-state index in [1.807, 2.05) is 13.3 Å². The van der Waals surface area contributed by atoms with E-state index in [4.69, 9.17) is 0 Å². The van der Waals surface area contributed by atoms with Crippen molar-refractivity contribution in [2.75, 3.05) is 13.3 Å². The number of carbonyl (C=O) groups excluding carboxylic acids is 1. The van der Waals surface area contributed by atoms with E-state index >= 15 is 0 Å². The van der Waals surface area contributed by atoms with Crippen LogP contribution in [0, 0.1) is 11.8 Å². The molecule has 0 N–H and O–H groups in total. The summed E-state index contributed by atoms with van der Waals surface area (Å²) in [6.07, 6.45) is 2.91. The van der Waals surface area contributed by atoms with Crippen LogP contribution in [0.5, 0.6) is 0 Å². The van der Waals surface area contributed by atoms with Gasteiger partial charge < -0.3 is 0 Å². The van der Waals surface area contributed by atoms with Gasteiger partial charge in [-0.2, -0.15) is 0 Å². The average molecular weight is 212 g/mol. The Labute approximate surface area is 89.0 Å². The number of amidine groups is 1. The molecule has 1 saturated carbocycles. The molecule has 3 nitrogen and oxygen atoms in total. The Balaban J connectivity index is 2.25. The van der Waals surface area contributed by atoms with Crippen molar-refractivity contribution in [3.8, 4) is 0 Å². The van der Waals surface area contributed by atoms with Crippen LogP contribution >= 0.6 is 11.8 Å². The molecule has 14 heavy (non-hydrogen) atoms. The molecule has 2 atom stereocenters. The van der Waals surface area contributed by atoms with Gasteiger partial charge in [-0.1, -0.05) is 25.6 Å². The summed E-state index contributed by atoms with van der Waals surface area (Å²) in [5.41, 5.74) is -0.360. The Kier molecular flexibility index (Phi) is 2.14. The number of amides is 1. The summed E-state index contributed by atoms with van der Waals surface area (Å²) in [6, 6.07) is 0. The van der Waals surface area contributed by atoms with Gasteiger partial charge in [-0.05, 0) is 24.5 Å². The lowest BCUT2D eigenvalue weighted by Gasteiger charge is -2.11. The Bertz CT molecular complexity index is 313. The van der Waals surface area contributed by atoms with E-state index < -0.39 is 0 Å². The second-order valence-electron chi connectivity index (χ2n) is 4.44. The first-order valence-corrected chi connectivity index (χ1v) is 6.17. The first kappa shape index (κ1) is 10.0. The lowest BCUT2D eigenvalue weighted by Crippen LogP contribution is -2.32. The molecular weight excluding hydrogens is 196 g/mol. The van der Waals surface area contributed by atoms with Crippen molar-refractivity contribution in [3.63, 3.8) is 0 Å². The van der Waals surface area contributed by atoms with E-state index in [1.54, 1.807) is 16.7 Å². The largest absolute Gasteiger partial charge is 0.293 e. The Hall–Kier alpha value is -0.510. The zero-order valence-corrected chi connectivity index (χ0v) is 9.89. The number of aliphatic imine (C=N–C) groups is 1. The molecule has 0 saturated heterocycles. The molecule has 0 aromatic heterocycles. The monoisotopic (exact) mass is 212 g/mol. The van der Waals surface area contributed by atoms with E-state index in [1.165, 1.54) is 0 Å². The highest BCUT2D eigenvalue weighted by Crippen LogP contribution is 2.55. The fourth-order valence-corrected chi connectivity index (χ4v) is 2.90. The number of thioether (sulfide) groups is 1. The molecule has 0 aromatic rings. The van der Waals surface area contributed by atoms with Gasteiger partial charge in [0.05, 0.1) is 0 Å². The zero-order valence-electron chi connectivity index (χ0n) is 9.07. The third-order valence-corrected chi connectivity index (χ3v) is 3.96. The second kappa shape index (κ2) is 2.99. The predicted octanol–water partition coefficient (Wildman–Crippen LogP) is 1.59. The Morgan fingerprint density at radius 2 is 2.29 bits per heavy atom. The number of hydrogen-bond donors (Lipinski definition) is 0. The average Bonchev–Trinajstić information content (AvgIpc) is 2.82. The summed E-state index contributed by atoms with van der Waals surface area (Å²) < 4.78 is 0. The van der Waals surface area contributed by atoms with Crippen LogP contribution < -0.4 is 0 Å². The number of likely N-dealkylation sites (N-methyl/N-ethyl adjacent to an activating group) is 1. The van der Waals surface area contributed by atoms with Crippen LogP contribution in [-0.4, -0.2) is 34.8 Å². The van der Waals surface area contributed by atoms with Crippen LogP contribution in [0.4, 0.5) is 0 Å². The molecule has 78 valence electrons. The van der Waals surface area contributed by atoms with Crippen molar-refractivity contribution in [2.24, 2.45) is 16.8 Å². The molecule has 2 rings (SSSR count). The van der Waals surface area contributed by atoms with Crippen LogP contribution in [0.1, 0.15) is 20.3 Å². The van der Waals surface area contributed by atoms with E-state index in [0.717, 1.165) is 11.6 Å². The third-order valence-electron chi connectivity index (χ3n) is 3.23. The van der Waals surface area contributed by atoms with Gasteiger partial charge in [0, 0.05) is 7.05 Å². The van der Waals surface area contributed by atoms with E-state index in [0.29, 0.717) is 11.8 Å². The molecular formula is C10H16N2OS. The van der Waals surface area contributed by atoms with Crippen LogP contribution in [0.15, 0.2) is 4.99 Å². The van der Waals surface area contributed by atoms with Gasteiger partial charge in [-0.15, -0.1) is 0 Å². The highest BCUT2D eigenvalue weighted by atomic mass is 32.2.